The van der Waals surface area contributed by atoms with Gasteiger partial charge in [0.25, 0.3) is 5.91 Å². The monoisotopic (exact) mass is 348 g/mol. The Hall–Kier alpha value is -2.83. The quantitative estimate of drug-likeness (QED) is 0.860. The summed E-state index contributed by atoms with van der Waals surface area (Å²) < 4.78 is 39.7. The van der Waals surface area contributed by atoms with Gasteiger partial charge in [0.05, 0.1) is 5.69 Å². The lowest BCUT2D eigenvalue weighted by atomic mass is 10.1. The van der Waals surface area contributed by atoms with Gasteiger partial charge in [-0.15, -0.1) is 0 Å². The van der Waals surface area contributed by atoms with Crippen LogP contribution in [0.25, 0.3) is 0 Å². The molecule has 0 atom stereocenters. The molecule has 25 heavy (non-hydrogen) atoms. The third kappa shape index (κ3) is 3.65. The number of amides is 2. The average molecular weight is 348 g/mol. The molecular weight excluding hydrogens is 333 g/mol. The molecule has 0 bridgehead atoms. The van der Waals surface area contributed by atoms with E-state index in [1.165, 1.54) is 12.1 Å². The molecule has 1 saturated heterocycles. The van der Waals surface area contributed by atoms with Gasteiger partial charge in [-0.1, -0.05) is 12.1 Å². The van der Waals surface area contributed by atoms with Gasteiger partial charge in [0.15, 0.2) is 17.5 Å². The van der Waals surface area contributed by atoms with E-state index in [1.54, 1.807) is 17.0 Å². The van der Waals surface area contributed by atoms with Gasteiger partial charge in [0, 0.05) is 25.1 Å². The van der Waals surface area contributed by atoms with Crippen LogP contribution in [0.1, 0.15) is 28.8 Å². The van der Waals surface area contributed by atoms with Crippen molar-refractivity contribution >= 4 is 17.5 Å². The number of rotatable bonds is 4. The summed E-state index contributed by atoms with van der Waals surface area (Å²) in [4.78, 5) is 25.5. The summed E-state index contributed by atoms with van der Waals surface area (Å²) in [5.74, 6) is -4.94. The van der Waals surface area contributed by atoms with Gasteiger partial charge in [-0.3, -0.25) is 9.59 Å². The summed E-state index contributed by atoms with van der Waals surface area (Å²) in [6.07, 6.45) is 1.40. The Morgan fingerprint density at radius 1 is 1.04 bits per heavy atom. The molecule has 0 spiro atoms. The molecule has 0 aliphatic carbocycles. The molecule has 2 amide bonds. The highest BCUT2D eigenvalue weighted by atomic mass is 19.2. The van der Waals surface area contributed by atoms with E-state index < -0.39 is 29.0 Å². The molecule has 1 aliphatic rings. The van der Waals surface area contributed by atoms with Crippen molar-refractivity contribution in [3.8, 4) is 0 Å². The number of halogens is 3. The lowest BCUT2D eigenvalue weighted by molar-refractivity contribution is -0.128. The van der Waals surface area contributed by atoms with Gasteiger partial charge in [0.1, 0.15) is 0 Å². The number of nitrogens with zero attached hydrogens (tertiary/aromatic N) is 1. The lowest BCUT2D eigenvalue weighted by Crippen LogP contribution is -2.23. The van der Waals surface area contributed by atoms with E-state index in [1.807, 2.05) is 0 Å². The highest BCUT2D eigenvalue weighted by Gasteiger charge is 2.20. The van der Waals surface area contributed by atoms with Crippen LogP contribution in [0.4, 0.5) is 18.9 Å². The standard InChI is InChI=1S/C18H15F3N2O2/c19-13-7-8-14(17(21)16(13)20)22-18(25)12-5-3-11(4-6-12)10-23-9-1-2-15(23)24/h3-8H,1-2,9-10H2,(H,22,25). The fraction of sp³-hybridized carbons (Fsp3) is 0.222. The Bertz CT molecular complexity index is 822. The smallest absolute Gasteiger partial charge is 0.255 e. The van der Waals surface area contributed by atoms with Crippen LogP contribution in [0.5, 0.6) is 0 Å². The van der Waals surface area contributed by atoms with Gasteiger partial charge in [-0.2, -0.15) is 0 Å². The minimum atomic E-state index is -1.64. The third-order valence-electron chi connectivity index (χ3n) is 4.04. The maximum absolute atomic E-state index is 13.6. The first kappa shape index (κ1) is 17.0. The van der Waals surface area contributed by atoms with Crippen LogP contribution in [-0.4, -0.2) is 23.3 Å². The second kappa shape index (κ2) is 6.96. The predicted octanol–water partition coefficient (Wildman–Crippen LogP) is 3.48. The zero-order chi connectivity index (χ0) is 18.0. The Balaban J connectivity index is 1.68. The summed E-state index contributed by atoms with van der Waals surface area (Å²) in [6.45, 7) is 1.19. The Kier molecular flexibility index (Phi) is 4.74. The normalized spacial score (nSPS) is 14.0. The number of anilines is 1. The Morgan fingerprint density at radius 2 is 1.76 bits per heavy atom. The first-order valence-electron chi connectivity index (χ1n) is 7.77. The van der Waals surface area contributed by atoms with Crippen molar-refractivity contribution in [2.24, 2.45) is 0 Å². The second-order valence-electron chi connectivity index (χ2n) is 5.79. The van der Waals surface area contributed by atoms with E-state index in [4.69, 9.17) is 0 Å². The summed E-state index contributed by atoms with van der Waals surface area (Å²) in [5.41, 5.74) is 0.669. The van der Waals surface area contributed by atoms with Crippen molar-refractivity contribution in [2.75, 3.05) is 11.9 Å². The average Bonchev–Trinajstić information content (AvgIpc) is 3.01. The number of hydrogen-bond donors (Lipinski definition) is 1. The van der Waals surface area contributed by atoms with E-state index in [2.05, 4.69) is 5.32 Å². The molecule has 2 aromatic carbocycles. The highest BCUT2D eigenvalue weighted by molar-refractivity contribution is 6.04. The Labute approximate surface area is 142 Å². The molecule has 4 nitrogen and oxygen atoms in total. The van der Waals surface area contributed by atoms with Crippen LogP contribution in [0.2, 0.25) is 0 Å². The van der Waals surface area contributed by atoms with Gasteiger partial charge in [0.2, 0.25) is 5.91 Å². The zero-order valence-electron chi connectivity index (χ0n) is 13.2. The van der Waals surface area contributed by atoms with Crippen molar-refractivity contribution in [2.45, 2.75) is 19.4 Å². The maximum Gasteiger partial charge on any atom is 0.255 e. The van der Waals surface area contributed by atoms with Crippen molar-refractivity contribution in [3.05, 3.63) is 65.0 Å². The number of nitrogens with one attached hydrogen (secondary N) is 1. The fourth-order valence-corrected chi connectivity index (χ4v) is 2.67. The molecule has 0 saturated carbocycles. The molecule has 0 aromatic heterocycles. The molecule has 1 fully saturated rings. The van der Waals surface area contributed by atoms with Crippen molar-refractivity contribution in [3.63, 3.8) is 0 Å². The molecule has 3 rings (SSSR count). The minimum Gasteiger partial charge on any atom is -0.338 e. The van der Waals surface area contributed by atoms with Gasteiger partial charge in [-0.25, -0.2) is 13.2 Å². The van der Waals surface area contributed by atoms with Crippen LogP contribution in [0, 0.1) is 17.5 Å². The van der Waals surface area contributed by atoms with E-state index in [9.17, 15) is 22.8 Å². The molecule has 2 aromatic rings. The van der Waals surface area contributed by atoms with E-state index in [0.29, 0.717) is 13.0 Å². The van der Waals surface area contributed by atoms with E-state index in [-0.39, 0.29) is 11.5 Å². The van der Waals surface area contributed by atoms with Crippen molar-refractivity contribution in [1.29, 1.82) is 0 Å². The minimum absolute atomic E-state index is 0.107. The van der Waals surface area contributed by atoms with E-state index >= 15 is 0 Å². The van der Waals surface area contributed by atoms with Gasteiger partial charge >= 0.3 is 0 Å². The summed E-state index contributed by atoms with van der Waals surface area (Å²) >= 11 is 0. The number of hydrogen-bond acceptors (Lipinski definition) is 2. The largest absolute Gasteiger partial charge is 0.338 e. The lowest BCUT2D eigenvalue weighted by Gasteiger charge is -2.15. The maximum atomic E-state index is 13.6. The second-order valence-corrected chi connectivity index (χ2v) is 5.79. The summed E-state index contributed by atoms with van der Waals surface area (Å²) in [5, 5.41) is 2.21. The Morgan fingerprint density at radius 3 is 2.40 bits per heavy atom. The number of likely N-dealkylation sites (tertiary alicyclic amines) is 1. The van der Waals surface area contributed by atoms with Crippen LogP contribution in [-0.2, 0) is 11.3 Å². The third-order valence-corrected chi connectivity index (χ3v) is 4.04. The molecular formula is C18H15F3N2O2. The molecule has 1 heterocycles. The van der Waals surface area contributed by atoms with Crippen LogP contribution >= 0.6 is 0 Å². The molecule has 130 valence electrons. The van der Waals surface area contributed by atoms with Crippen LogP contribution in [0.15, 0.2) is 36.4 Å². The highest BCUT2D eigenvalue weighted by Crippen LogP contribution is 2.21. The van der Waals surface area contributed by atoms with Crippen molar-refractivity contribution < 1.29 is 22.8 Å². The zero-order valence-corrected chi connectivity index (χ0v) is 13.2. The summed E-state index contributed by atoms with van der Waals surface area (Å²) in [6, 6.07) is 8.15. The van der Waals surface area contributed by atoms with E-state index in [0.717, 1.165) is 30.7 Å². The summed E-state index contributed by atoms with van der Waals surface area (Å²) in [7, 11) is 0. The molecule has 0 unspecified atom stereocenters. The van der Waals surface area contributed by atoms with Crippen molar-refractivity contribution in [1.82, 2.24) is 4.90 Å². The van der Waals surface area contributed by atoms with Crippen LogP contribution < -0.4 is 5.32 Å². The number of benzene rings is 2. The van der Waals surface area contributed by atoms with Gasteiger partial charge < -0.3 is 10.2 Å². The molecule has 1 aliphatic heterocycles. The molecule has 7 heteroatoms. The number of carbonyl (C=O) groups is 2. The first-order valence-corrected chi connectivity index (χ1v) is 7.77. The SMILES string of the molecule is O=C(Nc1ccc(F)c(F)c1F)c1ccc(CN2CCCC2=O)cc1. The fourth-order valence-electron chi connectivity index (χ4n) is 2.67. The molecule has 0 radical (unpaired) electrons. The number of carbonyl (C=O) groups excluding carboxylic acids is 2. The molecule has 1 N–H and O–H groups in total. The first-order chi connectivity index (χ1) is 12.0. The van der Waals surface area contributed by atoms with Gasteiger partial charge in [-0.05, 0) is 36.2 Å². The topological polar surface area (TPSA) is 49.4 Å². The predicted molar refractivity (Wildman–Crippen MR) is 85.4 cm³/mol. The van der Waals surface area contributed by atoms with Crippen LogP contribution in [0.3, 0.4) is 0 Å².